The molecule has 0 spiro atoms. The van der Waals surface area contributed by atoms with Crippen LogP contribution in [-0.2, 0) is 22.6 Å². The van der Waals surface area contributed by atoms with Gasteiger partial charge in [0.15, 0.2) is 0 Å². The van der Waals surface area contributed by atoms with Gasteiger partial charge in [-0.05, 0) is 51.9 Å². The zero-order valence-electron chi connectivity index (χ0n) is 15.0. The van der Waals surface area contributed by atoms with Crippen LogP contribution in [0.25, 0.3) is 0 Å². The van der Waals surface area contributed by atoms with Crippen molar-refractivity contribution in [1.29, 1.82) is 0 Å². The molecular formula is C18H30N4O2. The summed E-state index contributed by atoms with van der Waals surface area (Å²) in [4.78, 5) is 16.9. The number of carbonyl (C=O) groups excluding carboxylic acids is 1. The van der Waals surface area contributed by atoms with Crippen molar-refractivity contribution in [2.24, 2.45) is 5.92 Å². The summed E-state index contributed by atoms with van der Waals surface area (Å²) in [5.41, 5.74) is 1.12. The van der Waals surface area contributed by atoms with Crippen LogP contribution in [-0.4, -0.2) is 65.4 Å². The van der Waals surface area contributed by atoms with Gasteiger partial charge < -0.3 is 14.5 Å². The first-order valence-corrected chi connectivity index (χ1v) is 9.16. The SMILES string of the molecule is CN(C)CCC1CN(C(=O)COC2CCCC2)Cc2ccnn2C1. The Hall–Kier alpha value is -1.40. The second kappa shape index (κ2) is 8.12. The van der Waals surface area contributed by atoms with Crippen LogP contribution in [0.4, 0.5) is 0 Å². The van der Waals surface area contributed by atoms with E-state index in [1.807, 2.05) is 17.2 Å². The van der Waals surface area contributed by atoms with Gasteiger partial charge in [0, 0.05) is 19.3 Å². The highest BCUT2D eigenvalue weighted by Gasteiger charge is 2.26. The maximum atomic E-state index is 12.7. The van der Waals surface area contributed by atoms with E-state index in [2.05, 4.69) is 28.8 Å². The Kier molecular flexibility index (Phi) is 5.89. The summed E-state index contributed by atoms with van der Waals surface area (Å²) < 4.78 is 7.90. The molecule has 2 aliphatic rings. The third-order valence-electron chi connectivity index (χ3n) is 5.15. The van der Waals surface area contributed by atoms with Gasteiger partial charge in [-0.25, -0.2) is 0 Å². The van der Waals surface area contributed by atoms with E-state index in [-0.39, 0.29) is 18.6 Å². The van der Waals surface area contributed by atoms with E-state index < -0.39 is 0 Å². The summed E-state index contributed by atoms with van der Waals surface area (Å²) in [5.74, 6) is 0.551. The number of ether oxygens (including phenoxy) is 1. The fourth-order valence-corrected chi connectivity index (χ4v) is 3.68. The molecule has 24 heavy (non-hydrogen) atoms. The largest absolute Gasteiger partial charge is 0.368 e. The molecule has 1 saturated carbocycles. The smallest absolute Gasteiger partial charge is 0.248 e. The third-order valence-corrected chi connectivity index (χ3v) is 5.15. The maximum Gasteiger partial charge on any atom is 0.248 e. The van der Waals surface area contributed by atoms with Gasteiger partial charge in [-0.3, -0.25) is 9.48 Å². The zero-order valence-corrected chi connectivity index (χ0v) is 15.0. The van der Waals surface area contributed by atoms with Gasteiger partial charge in [-0.2, -0.15) is 5.10 Å². The molecule has 134 valence electrons. The number of hydrogen-bond acceptors (Lipinski definition) is 4. The molecule has 1 atom stereocenters. The lowest BCUT2D eigenvalue weighted by Gasteiger charge is -2.25. The van der Waals surface area contributed by atoms with Crippen molar-refractivity contribution >= 4 is 5.91 Å². The maximum absolute atomic E-state index is 12.7. The molecule has 1 fully saturated rings. The summed E-state index contributed by atoms with van der Waals surface area (Å²) in [6.07, 6.45) is 7.86. The number of amides is 1. The number of fused-ring (bicyclic) bond motifs is 1. The van der Waals surface area contributed by atoms with Gasteiger partial charge in [0.05, 0.1) is 18.3 Å². The van der Waals surface area contributed by atoms with Gasteiger partial charge in [0.25, 0.3) is 0 Å². The predicted molar refractivity (Wildman–Crippen MR) is 92.5 cm³/mol. The Morgan fingerprint density at radius 3 is 2.88 bits per heavy atom. The fourth-order valence-electron chi connectivity index (χ4n) is 3.68. The van der Waals surface area contributed by atoms with Gasteiger partial charge in [0.2, 0.25) is 5.91 Å². The Bertz CT molecular complexity index is 537. The summed E-state index contributed by atoms with van der Waals surface area (Å²) in [6, 6.07) is 2.02. The molecule has 1 aromatic heterocycles. The molecule has 1 aliphatic heterocycles. The normalized spacial score (nSPS) is 22.0. The first-order valence-electron chi connectivity index (χ1n) is 9.16. The Balaban J connectivity index is 1.61. The molecular weight excluding hydrogens is 304 g/mol. The first-order chi connectivity index (χ1) is 11.6. The van der Waals surface area contributed by atoms with Crippen LogP contribution >= 0.6 is 0 Å². The van der Waals surface area contributed by atoms with Crippen molar-refractivity contribution in [3.8, 4) is 0 Å². The van der Waals surface area contributed by atoms with E-state index in [1.165, 1.54) is 12.8 Å². The van der Waals surface area contributed by atoms with E-state index in [1.54, 1.807) is 0 Å². The monoisotopic (exact) mass is 334 g/mol. The summed E-state index contributed by atoms with van der Waals surface area (Å²) in [6.45, 7) is 3.58. The second-order valence-corrected chi connectivity index (χ2v) is 7.45. The molecule has 6 heteroatoms. The second-order valence-electron chi connectivity index (χ2n) is 7.45. The number of aromatic nitrogens is 2. The molecule has 2 heterocycles. The Labute approximate surface area is 144 Å². The van der Waals surface area contributed by atoms with Crippen LogP contribution in [0.15, 0.2) is 12.3 Å². The van der Waals surface area contributed by atoms with Crippen molar-refractivity contribution in [2.75, 3.05) is 33.8 Å². The highest BCUT2D eigenvalue weighted by atomic mass is 16.5. The summed E-state index contributed by atoms with van der Waals surface area (Å²) in [5, 5.41) is 4.43. The number of carbonyl (C=O) groups is 1. The van der Waals surface area contributed by atoms with E-state index in [0.717, 1.165) is 44.6 Å². The zero-order chi connectivity index (χ0) is 16.9. The van der Waals surface area contributed by atoms with Crippen molar-refractivity contribution < 1.29 is 9.53 Å². The molecule has 0 bridgehead atoms. The Morgan fingerprint density at radius 2 is 2.12 bits per heavy atom. The first kappa shape index (κ1) is 17.4. The minimum atomic E-state index is 0.117. The van der Waals surface area contributed by atoms with Crippen LogP contribution in [0.1, 0.15) is 37.8 Å². The van der Waals surface area contributed by atoms with Crippen molar-refractivity contribution in [3.05, 3.63) is 18.0 Å². The van der Waals surface area contributed by atoms with E-state index in [4.69, 9.17) is 4.74 Å². The lowest BCUT2D eigenvalue weighted by molar-refractivity contribution is -0.139. The summed E-state index contributed by atoms with van der Waals surface area (Å²) >= 11 is 0. The van der Waals surface area contributed by atoms with Crippen molar-refractivity contribution in [3.63, 3.8) is 0 Å². The van der Waals surface area contributed by atoms with Gasteiger partial charge in [-0.1, -0.05) is 12.8 Å². The fraction of sp³-hybridized carbons (Fsp3) is 0.778. The Morgan fingerprint density at radius 1 is 1.33 bits per heavy atom. The minimum Gasteiger partial charge on any atom is -0.368 e. The van der Waals surface area contributed by atoms with Crippen LogP contribution in [0, 0.1) is 5.92 Å². The van der Waals surface area contributed by atoms with Gasteiger partial charge in [0.1, 0.15) is 6.61 Å². The molecule has 6 nitrogen and oxygen atoms in total. The van der Waals surface area contributed by atoms with Crippen LogP contribution in [0.5, 0.6) is 0 Å². The van der Waals surface area contributed by atoms with E-state index in [9.17, 15) is 4.79 Å². The average Bonchev–Trinajstić information content (AvgIpc) is 3.19. The third kappa shape index (κ3) is 4.57. The molecule has 0 N–H and O–H groups in total. The van der Waals surface area contributed by atoms with Crippen molar-refractivity contribution in [1.82, 2.24) is 19.6 Å². The lowest BCUT2D eigenvalue weighted by Crippen LogP contribution is -2.37. The molecule has 1 aromatic rings. The van der Waals surface area contributed by atoms with E-state index in [0.29, 0.717) is 12.5 Å². The number of hydrogen-bond donors (Lipinski definition) is 0. The van der Waals surface area contributed by atoms with Crippen LogP contribution < -0.4 is 0 Å². The highest BCUT2D eigenvalue weighted by molar-refractivity contribution is 5.77. The van der Waals surface area contributed by atoms with Gasteiger partial charge >= 0.3 is 0 Å². The number of rotatable bonds is 6. The molecule has 0 saturated heterocycles. The van der Waals surface area contributed by atoms with E-state index >= 15 is 0 Å². The van der Waals surface area contributed by atoms with Crippen molar-refractivity contribution in [2.45, 2.75) is 51.3 Å². The minimum absolute atomic E-state index is 0.117. The van der Waals surface area contributed by atoms with Crippen LogP contribution in [0.3, 0.4) is 0 Å². The lowest BCUT2D eigenvalue weighted by atomic mass is 10.1. The topological polar surface area (TPSA) is 50.6 Å². The van der Waals surface area contributed by atoms with Crippen LogP contribution in [0.2, 0.25) is 0 Å². The molecule has 0 radical (unpaired) electrons. The molecule has 0 aromatic carbocycles. The number of nitrogens with zero attached hydrogens (tertiary/aromatic N) is 4. The van der Waals surface area contributed by atoms with Gasteiger partial charge in [-0.15, -0.1) is 0 Å². The standard InChI is InChI=1S/C18H30N4O2/c1-20(2)10-8-15-11-21(13-16-7-9-19-22(16)12-15)18(23)14-24-17-5-3-4-6-17/h7,9,15,17H,3-6,8,10-14H2,1-2H3. The predicted octanol–water partition coefficient (Wildman–Crippen LogP) is 1.75. The quantitative estimate of drug-likeness (QED) is 0.795. The molecule has 1 amide bonds. The molecule has 1 unspecified atom stereocenters. The highest BCUT2D eigenvalue weighted by Crippen LogP contribution is 2.22. The summed E-state index contributed by atoms with van der Waals surface area (Å²) in [7, 11) is 4.18. The molecule has 1 aliphatic carbocycles. The molecule has 3 rings (SSSR count). The average molecular weight is 334 g/mol.